The Morgan fingerprint density at radius 2 is 1.54 bits per heavy atom. The molecule has 0 saturated carbocycles. The van der Waals surface area contributed by atoms with Crippen LogP contribution in [0.5, 0.6) is 0 Å². The van der Waals surface area contributed by atoms with Gasteiger partial charge in [-0.1, -0.05) is 29.3 Å². The van der Waals surface area contributed by atoms with Crippen LogP contribution in [0.15, 0.2) is 35.4 Å². The van der Waals surface area contributed by atoms with Crippen LogP contribution in [0.25, 0.3) is 5.57 Å². The van der Waals surface area contributed by atoms with E-state index < -0.39 is 35.2 Å². The molecule has 0 radical (unpaired) electrons. The van der Waals surface area contributed by atoms with Crippen molar-refractivity contribution in [3.8, 4) is 0 Å². The number of hydrogen-bond donors (Lipinski definition) is 4. The van der Waals surface area contributed by atoms with Crippen molar-refractivity contribution < 1.29 is 39.6 Å². The zero-order chi connectivity index (χ0) is 19.8. The highest BCUT2D eigenvalue weighted by molar-refractivity contribution is 6.40. The molecule has 2 rings (SSSR count). The van der Waals surface area contributed by atoms with Crippen LogP contribution in [0.2, 0.25) is 5.02 Å². The van der Waals surface area contributed by atoms with Gasteiger partial charge in [0.05, 0.1) is 5.56 Å². The summed E-state index contributed by atoms with van der Waals surface area (Å²) in [5, 5.41) is 36.7. The molecule has 0 amide bonds. The van der Waals surface area contributed by atoms with Crippen LogP contribution in [0, 0.1) is 11.3 Å². The molecule has 0 aliphatic heterocycles. The van der Waals surface area contributed by atoms with Crippen molar-refractivity contribution in [2.24, 2.45) is 11.3 Å². The van der Waals surface area contributed by atoms with Crippen LogP contribution in [0.4, 0.5) is 0 Å². The Morgan fingerprint density at radius 3 is 1.96 bits per heavy atom. The minimum Gasteiger partial charge on any atom is -0.481 e. The number of carboxylic acids is 4. The molecular formula is C16H10Cl2O8. The molecular weight excluding hydrogens is 391 g/mol. The maximum Gasteiger partial charge on any atom is 0.335 e. The predicted octanol–water partition coefficient (Wildman–Crippen LogP) is 2.41. The van der Waals surface area contributed by atoms with E-state index in [0.29, 0.717) is 6.08 Å². The molecule has 0 spiro atoms. The summed E-state index contributed by atoms with van der Waals surface area (Å²) < 4.78 is 0. The van der Waals surface area contributed by atoms with Crippen molar-refractivity contribution in [2.45, 2.75) is 0 Å². The van der Waals surface area contributed by atoms with Gasteiger partial charge < -0.3 is 20.4 Å². The minimum atomic E-state index is -2.81. The van der Waals surface area contributed by atoms with Gasteiger partial charge in [-0.25, -0.2) is 4.79 Å². The van der Waals surface area contributed by atoms with E-state index in [1.54, 1.807) is 0 Å². The molecule has 1 unspecified atom stereocenters. The summed E-state index contributed by atoms with van der Waals surface area (Å²) in [5.41, 5.74) is -3.03. The Balaban J connectivity index is 2.75. The molecule has 0 fully saturated rings. The zero-order valence-corrected chi connectivity index (χ0v) is 14.2. The standard InChI is InChI=1S/C16H10Cl2O8/c17-10-3-6(12(19)20)1-2-7(10)8-5-16(14(23)24,15(25)26)9(13(21)22)4-11(8)18/h1-5,9H,(H,19,20)(H,21,22)(H,23,24)(H,25,26). The second-order valence-corrected chi connectivity index (χ2v) is 6.18. The Kier molecular flexibility index (Phi) is 5.11. The van der Waals surface area contributed by atoms with Crippen LogP contribution in [-0.4, -0.2) is 44.3 Å². The maximum absolute atomic E-state index is 11.7. The van der Waals surface area contributed by atoms with Crippen molar-refractivity contribution in [3.05, 3.63) is 51.5 Å². The fraction of sp³-hybridized carbons (Fsp3) is 0.125. The normalized spacial score (nSPS) is 18.5. The van der Waals surface area contributed by atoms with Gasteiger partial charge in [-0.3, -0.25) is 14.4 Å². The molecule has 1 aliphatic rings. The quantitative estimate of drug-likeness (QED) is 0.550. The lowest BCUT2D eigenvalue weighted by atomic mass is 9.70. The summed E-state index contributed by atoms with van der Waals surface area (Å²) in [4.78, 5) is 45.7. The average molecular weight is 401 g/mol. The van der Waals surface area contributed by atoms with Gasteiger partial charge in [-0.15, -0.1) is 0 Å². The topological polar surface area (TPSA) is 149 Å². The second kappa shape index (κ2) is 6.81. The molecule has 1 aromatic rings. The Labute approximate surface area is 155 Å². The molecule has 0 bridgehead atoms. The Morgan fingerprint density at radius 1 is 0.962 bits per heavy atom. The number of halogens is 2. The number of allylic oxidation sites excluding steroid dienone is 2. The van der Waals surface area contributed by atoms with Crippen LogP contribution in [-0.2, 0) is 14.4 Å². The number of carboxylic acid groups (broad SMARTS) is 4. The maximum atomic E-state index is 11.7. The number of rotatable bonds is 5. The molecule has 0 saturated heterocycles. The number of hydrogen-bond acceptors (Lipinski definition) is 4. The van der Waals surface area contributed by atoms with E-state index in [9.17, 15) is 34.5 Å². The average Bonchev–Trinajstić information content (AvgIpc) is 2.54. The third-order valence-electron chi connectivity index (χ3n) is 3.91. The smallest absolute Gasteiger partial charge is 0.335 e. The lowest BCUT2D eigenvalue weighted by molar-refractivity contribution is -0.169. The molecule has 26 heavy (non-hydrogen) atoms. The molecule has 0 heterocycles. The first kappa shape index (κ1) is 19.5. The number of benzene rings is 1. The summed E-state index contributed by atoms with van der Waals surface area (Å²) in [7, 11) is 0. The largest absolute Gasteiger partial charge is 0.481 e. The minimum absolute atomic E-state index is 0.0635. The second-order valence-electron chi connectivity index (χ2n) is 5.37. The van der Waals surface area contributed by atoms with E-state index in [4.69, 9.17) is 28.3 Å². The van der Waals surface area contributed by atoms with Gasteiger partial charge in [0.1, 0.15) is 5.92 Å². The van der Waals surface area contributed by atoms with E-state index in [-0.39, 0.29) is 26.8 Å². The first-order chi connectivity index (χ1) is 12.0. The van der Waals surface area contributed by atoms with E-state index >= 15 is 0 Å². The van der Waals surface area contributed by atoms with E-state index in [0.717, 1.165) is 12.1 Å². The van der Waals surface area contributed by atoms with Gasteiger partial charge >= 0.3 is 23.9 Å². The third kappa shape index (κ3) is 3.04. The molecule has 1 aromatic carbocycles. The fourth-order valence-electron chi connectivity index (χ4n) is 2.57. The van der Waals surface area contributed by atoms with Crippen LogP contribution < -0.4 is 0 Å². The van der Waals surface area contributed by atoms with Crippen LogP contribution in [0.1, 0.15) is 15.9 Å². The van der Waals surface area contributed by atoms with Gasteiger partial charge in [-0.05, 0) is 29.9 Å². The summed E-state index contributed by atoms with van der Waals surface area (Å²) in [6, 6.07) is 3.47. The first-order valence-electron chi connectivity index (χ1n) is 6.85. The summed E-state index contributed by atoms with van der Waals surface area (Å²) in [6.07, 6.45) is 1.52. The summed E-state index contributed by atoms with van der Waals surface area (Å²) in [5.74, 6) is -8.68. The third-order valence-corrected chi connectivity index (χ3v) is 4.56. The van der Waals surface area contributed by atoms with Gasteiger partial charge in [0.25, 0.3) is 0 Å². The first-order valence-corrected chi connectivity index (χ1v) is 7.61. The SMILES string of the molecule is O=C(O)c1ccc(C2=CC(C(=O)O)(C(=O)O)C(C(=O)O)C=C2Cl)c(Cl)c1. The van der Waals surface area contributed by atoms with Gasteiger partial charge in [0, 0.05) is 15.6 Å². The van der Waals surface area contributed by atoms with E-state index in [1.165, 1.54) is 12.1 Å². The highest BCUT2D eigenvalue weighted by atomic mass is 35.5. The van der Waals surface area contributed by atoms with Crippen LogP contribution >= 0.6 is 23.2 Å². The fourth-order valence-corrected chi connectivity index (χ4v) is 3.14. The lowest BCUT2D eigenvalue weighted by Crippen LogP contribution is -2.48. The molecule has 8 nitrogen and oxygen atoms in total. The highest BCUT2D eigenvalue weighted by Gasteiger charge is 2.56. The van der Waals surface area contributed by atoms with Gasteiger partial charge in [0.2, 0.25) is 5.41 Å². The van der Waals surface area contributed by atoms with Gasteiger partial charge in [0.15, 0.2) is 0 Å². The molecule has 1 atom stereocenters. The Bertz CT molecular complexity index is 886. The highest BCUT2D eigenvalue weighted by Crippen LogP contribution is 2.45. The van der Waals surface area contributed by atoms with Crippen LogP contribution in [0.3, 0.4) is 0 Å². The number of aliphatic carboxylic acids is 3. The molecule has 136 valence electrons. The van der Waals surface area contributed by atoms with E-state index in [2.05, 4.69) is 0 Å². The lowest BCUT2D eigenvalue weighted by Gasteiger charge is -2.31. The Hall–Kier alpha value is -2.84. The van der Waals surface area contributed by atoms with Crippen molar-refractivity contribution in [3.63, 3.8) is 0 Å². The van der Waals surface area contributed by atoms with Crippen molar-refractivity contribution in [1.29, 1.82) is 0 Å². The summed E-state index contributed by atoms with van der Waals surface area (Å²) in [6.45, 7) is 0. The molecule has 1 aliphatic carbocycles. The monoisotopic (exact) mass is 400 g/mol. The molecule has 4 N–H and O–H groups in total. The number of aromatic carboxylic acids is 1. The summed E-state index contributed by atoms with van der Waals surface area (Å²) >= 11 is 12.1. The van der Waals surface area contributed by atoms with Crippen molar-refractivity contribution in [1.82, 2.24) is 0 Å². The molecule has 10 heteroatoms. The van der Waals surface area contributed by atoms with Crippen molar-refractivity contribution in [2.75, 3.05) is 0 Å². The van der Waals surface area contributed by atoms with E-state index in [1.807, 2.05) is 0 Å². The van der Waals surface area contributed by atoms with Gasteiger partial charge in [-0.2, -0.15) is 0 Å². The zero-order valence-electron chi connectivity index (χ0n) is 12.6. The number of carbonyl (C=O) groups is 4. The predicted molar refractivity (Wildman–Crippen MR) is 89.2 cm³/mol. The van der Waals surface area contributed by atoms with Crippen molar-refractivity contribution >= 4 is 52.7 Å². The molecule has 0 aromatic heterocycles.